The van der Waals surface area contributed by atoms with Crippen molar-refractivity contribution < 1.29 is 14.6 Å². The van der Waals surface area contributed by atoms with Crippen molar-refractivity contribution in [2.75, 3.05) is 33.3 Å². The lowest BCUT2D eigenvalue weighted by Crippen LogP contribution is -2.48. The average Bonchev–Trinajstić information content (AvgIpc) is 2.76. The van der Waals surface area contributed by atoms with Crippen LogP contribution in [0.2, 0.25) is 0 Å². The van der Waals surface area contributed by atoms with Gasteiger partial charge in [-0.1, -0.05) is 30.3 Å². The molecule has 3 aromatic rings. The topological polar surface area (TPSA) is 53.0 Å². The maximum absolute atomic E-state index is 12.7. The van der Waals surface area contributed by atoms with Crippen LogP contribution in [0.5, 0.6) is 11.5 Å². The van der Waals surface area contributed by atoms with Crippen LogP contribution in [0.3, 0.4) is 0 Å². The van der Waals surface area contributed by atoms with Gasteiger partial charge in [-0.15, -0.1) is 0 Å². The third-order valence-electron chi connectivity index (χ3n) is 5.39. The Hall–Kier alpha value is -3.05. The molecule has 0 bridgehead atoms. The average molecular weight is 376 g/mol. The number of carbonyl (C=O) groups excluding carboxylic acids is 1. The van der Waals surface area contributed by atoms with Crippen LogP contribution < -0.4 is 4.74 Å². The summed E-state index contributed by atoms with van der Waals surface area (Å²) in [6.45, 7) is 3.60. The first-order valence-corrected chi connectivity index (χ1v) is 9.51. The lowest BCUT2D eigenvalue weighted by atomic mass is 10.0. The van der Waals surface area contributed by atoms with Crippen LogP contribution in [-0.2, 0) is 6.54 Å². The number of rotatable bonds is 4. The molecule has 0 aromatic heterocycles. The Balaban J connectivity index is 1.42. The van der Waals surface area contributed by atoms with Crippen molar-refractivity contribution in [2.45, 2.75) is 6.54 Å². The molecule has 144 valence electrons. The zero-order valence-electron chi connectivity index (χ0n) is 16.0. The monoisotopic (exact) mass is 376 g/mol. The fraction of sp³-hybridized carbons (Fsp3) is 0.261. The van der Waals surface area contributed by atoms with E-state index in [1.165, 1.54) is 0 Å². The van der Waals surface area contributed by atoms with E-state index in [0.29, 0.717) is 30.9 Å². The van der Waals surface area contributed by atoms with Gasteiger partial charge in [-0.3, -0.25) is 9.69 Å². The first kappa shape index (κ1) is 18.3. The van der Waals surface area contributed by atoms with Crippen LogP contribution in [0.25, 0.3) is 10.8 Å². The van der Waals surface area contributed by atoms with Gasteiger partial charge in [-0.25, -0.2) is 0 Å². The number of ether oxygens (including phenoxy) is 1. The maximum Gasteiger partial charge on any atom is 0.253 e. The summed E-state index contributed by atoms with van der Waals surface area (Å²) < 4.78 is 5.15. The number of methoxy groups -OCH3 is 1. The smallest absolute Gasteiger partial charge is 0.253 e. The Labute approximate surface area is 164 Å². The molecular weight excluding hydrogens is 352 g/mol. The molecule has 1 amide bonds. The van der Waals surface area contributed by atoms with E-state index in [0.717, 1.165) is 35.2 Å². The summed E-state index contributed by atoms with van der Waals surface area (Å²) in [6, 6.07) is 19.1. The number of benzene rings is 3. The highest BCUT2D eigenvalue weighted by molar-refractivity contribution is 5.94. The second kappa shape index (κ2) is 7.90. The molecule has 3 aromatic carbocycles. The number of hydrogen-bond donors (Lipinski definition) is 1. The number of phenols is 1. The van der Waals surface area contributed by atoms with Gasteiger partial charge in [-0.05, 0) is 41.1 Å². The minimum absolute atomic E-state index is 0.0512. The highest BCUT2D eigenvalue weighted by Gasteiger charge is 2.23. The third-order valence-corrected chi connectivity index (χ3v) is 5.39. The largest absolute Gasteiger partial charge is 0.508 e. The number of nitrogens with zero attached hydrogens (tertiary/aromatic N) is 2. The quantitative estimate of drug-likeness (QED) is 0.757. The molecule has 5 heteroatoms. The van der Waals surface area contributed by atoms with Gasteiger partial charge < -0.3 is 14.7 Å². The summed E-state index contributed by atoms with van der Waals surface area (Å²) in [4.78, 5) is 16.9. The molecule has 1 fully saturated rings. The van der Waals surface area contributed by atoms with E-state index >= 15 is 0 Å². The molecule has 1 aliphatic heterocycles. The Kier molecular flexibility index (Phi) is 5.17. The van der Waals surface area contributed by atoms with Crippen LogP contribution >= 0.6 is 0 Å². The normalized spacial score (nSPS) is 15.0. The zero-order valence-corrected chi connectivity index (χ0v) is 16.0. The van der Waals surface area contributed by atoms with Crippen molar-refractivity contribution in [3.8, 4) is 11.5 Å². The van der Waals surface area contributed by atoms with Crippen LogP contribution in [0.1, 0.15) is 15.9 Å². The van der Waals surface area contributed by atoms with Gasteiger partial charge in [0.1, 0.15) is 11.5 Å². The molecule has 4 rings (SSSR count). The van der Waals surface area contributed by atoms with Crippen molar-refractivity contribution in [1.82, 2.24) is 9.80 Å². The molecule has 0 radical (unpaired) electrons. The maximum atomic E-state index is 12.7. The van der Waals surface area contributed by atoms with Crippen molar-refractivity contribution in [3.05, 3.63) is 71.8 Å². The number of aromatic hydroxyl groups is 1. The second-order valence-electron chi connectivity index (χ2n) is 7.08. The first-order chi connectivity index (χ1) is 13.7. The van der Waals surface area contributed by atoms with Crippen molar-refractivity contribution in [2.24, 2.45) is 0 Å². The number of amides is 1. The molecule has 1 N–H and O–H groups in total. The lowest BCUT2D eigenvalue weighted by molar-refractivity contribution is 0.0628. The molecule has 1 heterocycles. The van der Waals surface area contributed by atoms with E-state index in [4.69, 9.17) is 4.74 Å². The van der Waals surface area contributed by atoms with E-state index in [1.54, 1.807) is 13.2 Å². The third kappa shape index (κ3) is 3.66. The zero-order chi connectivity index (χ0) is 19.5. The molecular formula is C23H24N2O3. The van der Waals surface area contributed by atoms with Gasteiger partial charge in [0.05, 0.1) is 7.11 Å². The molecule has 0 spiro atoms. The van der Waals surface area contributed by atoms with Crippen molar-refractivity contribution in [1.29, 1.82) is 0 Å². The predicted molar refractivity (Wildman–Crippen MR) is 110 cm³/mol. The van der Waals surface area contributed by atoms with Crippen LogP contribution in [0.4, 0.5) is 0 Å². The van der Waals surface area contributed by atoms with Crippen LogP contribution in [-0.4, -0.2) is 54.1 Å². The summed E-state index contributed by atoms with van der Waals surface area (Å²) in [5.41, 5.74) is 1.63. The molecule has 0 unspecified atom stereocenters. The molecule has 0 saturated carbocycles. The van der Waals surface area contributed by atoms with Gasteiger partial charge in [0, 0.05) is 43.9 Å². The SMILES string of the molecule is COc1ccc(C(=O)N2CCN(Cc3c(O)ccc4ccccc34)CC2)cc1. The number of carbonyl (C=O) groups is 1. The molecule has 1 saturated heterocycles. The Morgan fingerprint density at radius 2 is 1.68 bits per heavy atom. The minimum atomic E-state index is 0.0512. The Bertz CT molecular complexity index is 977. The molecule has 28 heavy (non-hydrogen) atoms. The van der Waals surface area contributed by atoms with E-state index in [1.807, 2.05) is 53.4 Å². The fourth-order valence-corrected chi connectivity index (χ4v) is 3.74. The molecule has 0 aliphatic carbocycles. The van der Waals surface area contributed by atoms with Crippen molar-refractivity contribution in [3.63, 3.8) is 0 Å². The van der Waals surface area contributed by atoms with Crippen molar-refractivity contribution >= 4 is 16.7 Å². The summed E-state index contributed by atoms with van der Waals surface area (Å²) >= 11 is 0. The van der Waals surface area contributed by atoms with Gasteiger partial charge in [0.15, 0.2) is 0 Å². The Morgan fingerprint density at radius 3 is 2.39 bits per heavy atom. The molecule has 0 atom stereocenters. The summed E-state index contributed by atoms with van der Waals surface area (Å²) in [5.74, 6) is 1.13. The molecule has 1 aliphatic rings. The lowest BCUT2D eigenvalue weighted by Gasteiger charge is -2.35. The summed E-state index contributed by atoms with van der Waals surface area (Å²) in [6.07, 6.45) is 0. The first-order valence-electron chi connectivity index (χ1n) is 9.51. The van der Waals surface area contributed by atoms with Gasteiger partial charge >= 0.3 is 0 Å². The van der Waals surface area contributed by atoms with E-state index in [2.05, 4.69) is 11.0 Å². The molecule has 5 nitrogen and oxygen atoms in total. The van der Waals surface area contributed by atoms with Gasteiger partial charge in [0.25, 0.3) is 5.91 Å². The van der Waals surface area contributed by atoms with Gasteiger partial charge in [-0.2, -0.15) is 0 Å². The number of fused-ring (bicyclic) bond motifs is 1. The fourth-order valence-electron chi connectivity index (χ4n) is 3.74. The number of piperazine rings is 1. The van der Waals surface area contributed by atoms with E-state index in [9.17, 15) is 9.90 Å². The van der Waals surface area contributed by atoms with E-state index < -0.39 is 0 Å². The summed E-state index contributed by atoms with van der Waals surface area (Å²) in [5, 5.41) is 12.6. The minimum Gasteiger partial charge on any atom is -0.508 e. The second-order valence-corrected chi connectivity index (χ2v) is 7.08. The highest BCUT2D eigenvalue weighted by atomic mass is 16.5. The van der Waals surface area contributed by atoms with Crippen LogP contribution in [0, 0.1) is 0 Å². The van der Waals surface area contributed by atoms with E-state index in [-0.39, 0.29) is 5.91 Å². The van der Waals surface area contributed by atoms with Gasteiger partial charge in [0.2, 0.25) is 0 Å². The standard InChI is InChI=1S/C23H24N2O3/c1-28-19-9-6-18(7-10-19)23(27)25-14-12-24(13-15-25)16-21-20-5-3-2-4-17(20)8-11-22(21)26/h2-11,26H,12-16H2,1H3. The summed E-state index contributed by atoms with van der Waals surface area (Å²) in [7, 11) is 1.61. The highest BCUT2D eigenvalue weighted by Crippen LogP contribution is 2.28. The predicted octanol–water partition coefficient (Wildman–Crippen LogP) is 3.51. The number of phenolic OH excluding ortho intramolecular Hbond substituents is 1. The Morgan fingerprint density at radius 1 is 0.964 bits per heavy atom. The number of hydrogen-bond acceptors (Lipinski definition) is 4. The van der Waals surface area contributed by atoms with Crippen LogP contribution in [0.15, 0.2) is 60.7 Å².